The highest BCUT2D eigenvalue weighted by Gasteiger charge is 2.16. The largest absolute Gasteiger partial charge is 0.459 e. The van der Waals surface area contributed by atoms with Crippen LogP contribution in [-0.2, 0) is 0 Å². The number of nitrogens with two attached hydrogens (primary N) is 1. The highest BCUT2D eigenvalue weighted by molar-refractivity contribution is 6.36. The van der Waals surface area contributed by atoms with Crippen molar-refractivity contribution in [3.05, 3.63) is 35.0 Å². The second kappa shape index (κ2) is 3.64. The maximum Gasteiger partial charge on any atom is 0.135 e. The van der Waals surface area contributed by atoms with Crippen LogP contribution in [0, 0.1) is 0 Å². The Balaban J connectivity index is 2.62. The van der Waals surface area contributed by atoms with E-state index in [1.165, 1.54) is 0 Å². The van der Waals surface area contributed by atoms with Gasteiger partial charge in [0.05, 0.1) is 5.02 Å². The zero-order valence-electron chi connectivity index (χ0n) is 7.96. The molecular formula is C11H12ClNO. The number of rotatable bonds is 2. The van der Waals surface area contributed by atoms with Crippen LogP contribution >= 0.6 is 11.6 Å². The Morgan fingerprint density at radius 3 is 2.79 bits per heavy atom. The van der Waals surface area contributed by atoms with Crippen LogP contribution in [0.15, 0.2) is 28.7 Å². The molecule has 0 fully saturated rings. The van der Waals surface area contributed by atoms with Crippen molar-refractivity contribution in [3.63, 3.8) is 0 Å². The van der Waals surface area contributed by atoms with Gasteiger partial charge in [-0.05, 0) is 12.1 Å². The van der Waals surface area contributed by atoms with Gasteiger partial charge in [0.2, 0.25) is 0 Å². The first-order valence-corrected chi connectivity index (χ1v) is 4.99. The molecule has 14 heavy (non-hydrogen) atoms. The monoisotopic (exact) mass is 209 g/mol. The predicted molar refractivity (Wildman–Crippen MR) is 58.7 cm³/mol. The maximum absolute atomic E-state index is 6.18. The summed E-state index contributed by atoms with van der Waals surface area (Å²) in [6.07, 6.45) is 0. The number of hydrogen-bond donors (Lipinski definition) is 1. The van der Waals surface area contributed by atoms with Crippen molar-refractivity contribution >= 4 is 22.6 Å². The lowest BCUT2D eigenvalue weighted by Gasteiger charge is -2.03. The molecule has 1 aromatic heterocycles. The van der Waals surface area contributed by atoms with Gasteiger partial charge in [-0.3, -0.25) is 0 Å². The summed E-state index contributed by atoms with van der Waals surface area (Å²) in [7, 11) is 0. The fourth-order valence-corrected chi connectivity index (χ4v) is 1.84. The summed E-state index contributed by atoms with van der Waals surface area (Å²) in [6.45, 7) is 2.54. The minimum atomic E-state index is 0.162. The quantitative estimate of drug-likeness (QED) is 0.826. The van der Waals surface area contributed by atoms with Gasteiger partial charge in [-0.1, -0.05) is 30.7 Å². The maximum atomic E-state index is 6.18. The van der Waals surface area contributed by atoms with Crippen LogP contribution in [0.1, 0.15) is 18.6 Å². The fourth-order valence-electron chi connectivity index (χ4n) is 1.46. The van der Waals surface area contributed by atoms with Gasteiger partial charge in [0, 0.05) is 17.8 Å². The lowest BCUT2D eigenvalue weighted by atomic mass is 10.1. The lowest BCUT2D eigenvalue weighted by Crippen LogP contribution is -2.08. The first-order chi connectivity index (χ1) is 6.74. The molecule has 2 N–H and O–H groups in total. The normalized spacial score (nSPS) is 13.4. The van der Waals surface area contributed by atoms with Gasteiger partial charge >= 0.3 is 0 Å². The molecule has 0 saturated heterocycles. The minimum Gasteiger partial charge on any atom is -0.459 e. The van der Waals surface area contributed by atoms with Gasteiger partial charge in [0.25, 0.3) is 0 Å². The van der Waals surface area contributed by atoms with Crippen LogP contribution in [0.2, 0.25) is 5.02 Å². The van der Waals surface area contributed by atoms with Crippen molar-refractivity contribution in [1.29, 1.82) is 0 Å². The summed E-state index contributed by atoms with van der Waals surface area (Å²) < 4.78 is 5.64. The van der Waals surface area contributed by atoms with E-state index in [-0.39, 0.29) is 5.92 Å². The van der Waals surface area contributed by atoms with Crippen LogP contribution in [0.5, 0.6) is 0 Å². The molecule has 0 amide bonds. The zero-order chi connectivity index (χ0) is 10.1. The number of halogens is 1. The molecule has 0 radical (unpaired) electrons. The van der Waals surface area contributed by atoms with Crippen LogP contribution < -0.4 is 5.73 Å². The molecule has 1 heterocycles. The van der Waals surface area contributed by atoms with Crippen molar-refractivity contribution in [3.8, 4) is 0 Å². The standard InChI is InChI=1S/C11H12ClNO/c1-7(6-13)11-10(12)8-4-2-3-5-9(8)14-11/h2-5,7H,6,13H2,1H3. The van der Waals surface area contributed by atoms with Gasteiger partial charge in [0.15, 0.2) is 0 Å². The third-order valence-corrected chi connectivity index (χ3v) is 2.75. The summed E-state index contributed by atoms with van der Waals surface area (Å²) in [6, 6.07) is 7.74. The summed E-state index contributed by atoms with van der Waals surface area (Å²) in [5.74, 6) is 0.949. The molecule has 3 heteroatoms. The number of furan rings is 1. The van der Waals surface area contributed by atoms with Gasteiger partial charge in [0.1, 0.15) is 11.3 Å². The molecule has 0 aliphatic carbocycles. The Morgan fingerprint density at radius 1 is 1.43 bits per heavy atom. The number of fused-ring (bicyclic) bond motifs is 1. The summed E-state index contributed by atoms with van der Waals surface area (Å²) in [5.41, 5.74) is 6.40. The Labute approximate surface area is 87.6 Å². The molecule has 0 bridgehead atoms. The van der Waals surface area contributed by atoms with Crippen molar-refractivity contribution in [2.24, 2.45) is 5.73 Å². The molecular weight excluding hydrogens is 198 g/mol. The van der Waals surface area contributed by atoms with Gasteiger partial charge in [-0.15, -0.1) is 0 Å². The van der Waals surface area contributed by atoms with E-state index in [0.29, 0.717) is 11.6 Å². The Kier molecular flexibility index (Phi) is 2.48. The molecule has 0 saturated carbocycles. The topological polar surface area (TPSA) is 39.2 Å². The number of benzene rings is 1. The van der Waals surface area contributed by atoms with Crippen molar-refractivity contribution < 1.29 is 4.42 Å². The summed E-state index contributed by atoms with van der Waals surface area (Å²) in [5, 5.41) is 1.66. The van der Waals surface area contributed by atoms with Crippen molar-refractivity contribution in [1.82, 2.24) is 0 Å². The van der Waals surface area contributed by atoms with Crippen molar-refractivity contribution in [2.75, 3.05) is 6.54 Å². The Bertz CT molecular complexity index is 449. The minimum absolute atomic E-state index is 0.162. The van der Waals surface area contributed by atoms with Gasteiger partial charge in [-0.2, -0.15) is 0 Å². The van der Waals surface area contributed by atoms with Gasteiger partial charge < -0.3 is 10.2 Å². The van der Waals surface area contributed by atoms with Gasteiger partial charge in [-0.25, -0.2) is 0 Å². The molecule has 2 nitrogen and oxygen atoms in total. The average Bonchev–Trinajstić information content (AvgIpc) is 2.56. The molecule has 0 aliphatic rings. The molecule has 2 rings (SSSR count). The van der Waals surface area contributed by atoms with Crippen LogP contribution in [-0.4, -0.2) is 6.54 Å². The molecule has 0 spiro atoms. The molecule has 74 valence electrons. The number of para-hydroxylation sites is 1. The summed E-state index contributed by atoms with van der Waals surface area (Å²) >= 11 is 6.18. The van der Waals surface area contributed by atoms with Crippen LogP contribution in [0.3, 0.4) is 0 Å². The van der Waals surface area contributed by atoms with Crippen LogP contribution in [0.25, 0.3) is 11.0 Å². The second-order valence-corrected chi connectivity index (χ2v) is 3.79. The molecule has 1 aromatic carbocycles. The molecule has 2 aromatic rings. The van der Waals surface area contributed by atoms with Crippen molar-refractivity contribution in [2.45, 2.75) is 12.8 Å². The Morgan fingerprint density at radius 2 is 2.14 bits per heavy atom. The van der Waals surface area contributed by atoms with E-state index in [2.05, 4.69) is 0 Å². The van der Waals surface area contributed by atoms with E-state index < -0.39 is 0 Å². The molecule has 0 aliphatic heterocycles. The molecule has 1 atom stereocenters. The first-order valence-electron chi connectivity index (χ1n) is 4.61. The lowest BCUT2D eigenvalue weighted by molar-refractivity contribution is 0.510. The SMILES string of the molecule is CC(CN)c1oc2ccccc2c1Cl. The smallest absolute Gasteiger partial charge is 0.135 e. The fraction of sp³-hybridized carbons (Fsp3) is 0.273. The van der Waals surface area contributed by atoms with E-state index in [4.69, 9.17) is 21.8 Å². The predicted octanol–water partition coefficient (Wildman–Crippen LogP) is 3.15. The third-order valence-electron chi connectivity index (χ3n) is 2.36. The molecule has 1 unspecified atom stereocenters. The number of hydrogen-bond acceptors (Lipinski definition) is 2. The second-order valence-electron chi connectivity index (χ2n) is 3.41. The summed E-state index contributed by atoms with van der Waals surface area (Å²) in [4.78, 5) is 0. The highest BCUT2D eigenvalue weighted by atomic mass is 35.5. The van der Waals surface area contributed by atoms with Crippen LogP contribution in [0.4, 0.5) is 0 Å². The van der Waals surface area contributed by atoms with E-state index in [0.717, 1.165) is 16.7 Å². The third kappa shape index (κ3) is 1.41. The van der Waals surface area contributed by atoms with E-state index >= 15 is 0 Å². The van der Waals surface area contributed by atoms with E-state index in [9.17, 15) is 0 Å². The highest BCUT2D eigenvalue weighted by Crippen LogP contribution is 2.34. The Hall–Kier alpha value is -0.990. The zero-order valence-corrected chi connectivity index (χ0v) is 8.71. The first kappa shape index (κ1) is 9.56. The van der Waals surface area contributed by atoms with E-state index in [1.54, 1.807) is 0 Å². The average molecular weight is 210 g/mol. The van der Waals surface area contributed by atoms with E-state index in [1.807, 2.05) is 31.2 Å².